The van der Waals surface area contributed by atoms with Crippen LogP contribution < -0.4 is 11.1 Å². The number of carbonyl (C=O) groups is 2. The largest absolute Gasteiger partial charge is 0.398 e. The maximum atomic E-state index is 12.3. The van der Waals surface area contributed by atoms with Gasteiger partial charge in [0.25, 0.3) is 0 Å². The lowest BCUT2D eigenvalue weighted by atomic mass is 9.96. The number of nitrogens with two attached hydrogens (primary N) is 1. The molecule has 0 aromatic heterocycles. The maximum Gasteiger partial charge on any atom is 0.227 e. The summed E-state index contributed by atoms with van der Waals surface area (Å²) >= 11 is 0. The fourth-order valence-corrected chi connectivity index (χ4v) is 2.64. The number of para-hydroxylation sites is 1. The van der Waals surface area contributed by atoms with Gasteiger partial charge in [0.1, 0.15) is 0 Å². The van der Waals surface area contributed by atoms with Gasteiger partial charge in [0.2, 0.25) is 11.8 Å². The predicted octanol–water partition coefficient (Wildman–Crippen LogP) is 1.19. The molecule has 0 radical (unpaired) electrons. The van der Waals surface area contributed by atoms with Crippen molar-refractivity contribution in [2.45, 2.75) is 26.2 Å². The molecule has 3 N–H and O–H groups in total. The minimum absolute atomic E-state index is 0.00746. The summed E-state index contributed by atoms with van der Waals surface area (Å²) < 4.78 is 0. The summed E-state index contributed by atoms with van der Waals surface area (Å²) in [6.45, 7) is 3.76. The van der Waals surface area contributed by atoms with Gasteiger partial charge < -0.3 is 16.0 Å². The van der Waals surface area contributed by atoms with Crippen molar-refractivity contribution < 1.29 is 9.59 Å². The van der Waals surface area contributed by atoms with E-state index < -0.39 is 0 Å². The molecule has 2 amide bonds. The van der Waals surface area contributed by atoms with Crippen LogP contribution in [0.1, 0.15) is 25.3 Å². The Morgan fingerprint density at radius 2 is 1.95 bits per heavy atom. The summed E-state index contributed by atoms with van der Waals surface area (Å²) in [5.74, 6) is 0.610. The average Bonchev–Trinajstić information content (AvgIpc) is 2.48. The van der Waals surface area contributed by atoms with E-state index in [1.807, 2.05) is 29.2 Å². The number of nitrogens with one attached hydrogen (secondary N) is 1. The van der Waals surface area contributed by atoms with Gasteiger partial charge in [-0.25, -0.2) is 0 Å². The van der Waals surface area contributed by atoms with E-state index in [0.717, 1.165) is 31.5 Å². The first-order valence-corrected chi connectivity index (χ1v) is 7.42. The number of hydrogen-bond acceptors (Lipinski definition) is 3. The molecule has 1 aliphatic rings. The van der Waals surface area contributed by atoms with E-state index >= 15 is 0 Å². The van der Waals surface area contributed by atoms with Gasteiger partial charge in [-0.05, 0) is 30.4 Å². The Kier molecular flexibility index (Phi) is 5.20. The minimum Gasteiger partial charge on any atom is -0.398 e. The van der Waals surface area contributed by atoms with Crippen LogP contribution in [-0.4, -0.2) is 36.3 Å². The molecule has 0 atom stereocenters. The Balaban J connectivity index is 1.81. The second-order valence-corrected chi connectivity index (χ2v) is 5.64. The number of likely N-dealkylation sites (tertiary alicyclic amines) is 1. The Bertz CT molecular complexity index is 508. The van der Waals surface area contributed by atoms with Gasteiger partial charge in [-0.1, -0.05) is 18.2 Å². The van der Waals surface area contributed by atoms with E-state index in [2.05, 4.69) is 5.32 Å². The zero-order valence-electron chi connectivity index (χ0n) is 12.5. The van der Waals surface area contributed by atoms with Gasteiger partial charge in [0, 0.05) is 32.2 Å². The van der Waals surface area contributed by atoms with Crippen molar-refractivity contribution in [3.8, 4) is 0 Å². The third-order valence-electron chi connectivity index (χ3n) is 4.00. The first-order chi connectivity index (χ1) is 10.1. The summed E-state index contributed by atoms with van der Waals surface area (Å²) in [5, 5.41) is 2.85. The zero-order chi connectivity index (χ0) is 15.2. The monoisotopic (exact) mass is 289 g/mol. The molecule has 1 fully saturated rings. The summed E-state index contributed by atoms with van der Waals surface area (Å²) in [7, 11) is 0. The van der Waals surface area contributed by atoms with Crippen LogP contribution in [-0.2, 0) is 16.0 Å². The SMILES string of the molecule is CC(=O)NCC1CCN(C(=O)Cc2ccccc2N)CC1. The van der Waals surface area contributed by atoms with Crippen LogP contribution in [0.5, 0.6) is 0 Å². The fraction of sp³-hybridized carbons (Fsp3) is 0.500. The van der Waals surface area contributed by atoms with E-state index in [-0.39, 0.29) is 11.8 Å². The van der Waals surface area contributed by atoms with Crippen LogP contribution in [0.15, 0.2) is 24.3 Å². The molecule has 0 bridgehead atoms. The lowest BCUT2D eigenvalue weighted by molar-refractivity contribution is -0.132. The number of carbonyl (C=O) groups excluding carboxylic acids is 2. The van der Waals surface area contributed by atoms with E-state index in [9.17, 15) is 9.59 Å². The van der Waals surface area contributed by atoms with Crippen LogP contribution in [0.25, 0.3) is 0 Å². The average molecular weight is 289 g/mol. The molecular formula is C16H23N3O2. The topological polar surface area (TPSA) is 75.4 Å². The lowest BCUT2D eigenvalue weighted by Gasteiger charge is -2.32. The van der Waals surface area contributed by atoms with Gasteiger partial charge in [0.05, 0.1) is 6.42 Å². The number of anilines is 1. The molecule has 0 aliphatic carbocycles. The van der Waals surface area contributed by atoms with Crippen molar-refractivity contribution in [1.29, 1.82) is 0 Å². The Morgan fingerprint density at radius 3 is 2.57 bits per heavy atom. The number of nitrogen functional groups attached to an aromatic ring is 1. The van der Waals surface area contributed by atoms with Crippen LogP contribution in [0.3, 0.4) is 0 Å². The molecular weight excluding hydrogens is 266 g/mol. The standard InChI is InChI=1S/C16H23N3O2/c1-12(20)18-11-13-6-8-19(9-7-13)16(21)10-14-4-2-3-5-15(14)17/h2-5,13H,6-11,17H2,1H3,(H,18,20). The molecule has 114 valence electrons. The first kappa shape index (κ1) is 15.4. The maximum absolute atomic E-state index is 12.3. The molecule has 5 nitrogen and oxygen atoms in total. The highest BCUT2D eigenvalue weighted by Gasteiger charge is 2.23. The highest BCUT2D eigenvalue weighted by atomic mass is 16.2. The molecule has 1 aliphatic heterocycles. The highest BCUT2D eigenvalue weighted by molar-refractivity contribution is 5.80. The van der Waals surface area contributed by atoms with E-state index in [4.69, 9.17) is 5.73 Å². The van der Waals surface area contributed by atoms with Crippen molar-refractivity contribution in [3.05, 3.63) is 29.8 Å². The molecule has 21 heavy (non-hydrogen) atoms. The molecule has 2 rings (SSSR count). The summed E-state index contributed by atoms with van der Waals surface area (Å²) in [5.41, 5.74) is 7.44. The van der Waals surface area contributed by atoms with E-state index in [1.165, 1.54) is 6.92 Å². The van der Waals surface area contributed by atoms with Crippen LogP contribution >= 0.6 is 0 Å². The van der Waals surface area contributed by atoms with E-state index in [1.54, 1.807) is 0 Å². The van der Waals surface area contributed by atoms with Crippen molar-refractivity contribution in [2.75, 3.05) is 25.4 Å². The molecule has 1 aromatic carbocycles. The molecule has 0 saturated carbocycles. The normalized spacial score (nSPS) is 15.8. The van der Waals surface area contributed by atoms with Gasteiger partial charge in [-0.15, -0.1) is 0 Å². The molecule has 1 heterocycles. The smallest absolute Gasteiger partial charge is 0.227 e. The van der Waals surface area contributed by atoms with Crippen LogP contribution in [0.4, 0.5) is 5.69 Å². The number of piperidine rings is 1. The van der Waals surface area contributed by atoms with E-state index in [0.29, 0.717) is 24.6 Å². The number of hydrogen-bond donors (Lipinski definition) is 2. The molecule has 1 aromatic rings. The minimum atomic E-state index is 0.00746. The molecule has 1 saturated heterocycles. The van der Waals surface area contributed by atoms with Crippen LogP contribution in [0, 0.1) is 5.92 Å². The summed E-state index contributed by atoms with van der Waals surface area (Å²) in [6.07, 6.45) is 2.25. The van der Waals surface area contributed by atoms with Crippen LogP contribution in [0.2, 0.25) is 0 Å². The van der Waals surface area contributed by atoms with Crippen molar-refractivity contribution in [3.63, 3.8) is 0 Å². The fourth-order valence-electron chi connectivity index (χ4n) is 2.64. The Labute approximate surface area is 125 Å². The van der Waals surface area contributed by atoms with Gasteiger partial charge >= 0.3 is 0 Å². The predicted molar refractivity (Wildman–Crippen MR) is 82.5 cm³/mol. The van der Waals surface area contributed by atoms with Crippen molar-refractivity contribution in [2.24, 2.45) is 5.92 Å². The molecule has 0 spiro atoms. The number of amides is 2. The van der Waals surface area contributed by atoms with Gasteiger partial charge in [-0.2, -0.15) is 0 Å². The van der Waals surface area contributed by atoms with Gasteiger partial charge in [0.15, 0.2) is 0 Å². The summed E-state index contributed by atoms with van der Waals surface area (Å²) in [6, 6.07) is 7.49. The molecule has 5 heteroatoms. The number of nitrogens with zero attached hydrogens (tertiary/aromatic N) is 1. The second kappa shape index (κ2) is 7.11. The van der Waals surface area contributed by atoms with Crippen molar-refractivity contribution in [1.82, 2.24) is 10.2 Å². The number of rotatable bonds is 4. The quantitative estimate of drug-likeness (QED) is 0.817. The molecule has 0 unspecified atom stereocenters. The third kappa shape index (κ3) is 4.48. The Hall–Kier alpha value is -2.04. The zero-order valence-corrected chi connectivity index (χ0v) is 12.5. The lowest BCUT2D eigenvalue weighted by Crippen LogP contribution is -2.42. The second-order valence-electron chi connectivity index (χ2n) is 5.64. The number of benzene rings is 1. The van der Waals surface area contributed by atoms with Crippen molar-refractivity contribution >= 4 is 17.5 Å². The summed E-state index contributed by atoms with van der Waals surface area (Å²) in [4.78, 5) is 25.1. The third-order valence-corrected chi connectivity index (χ3v) is 4.00. The first-order valence-electron chi connectivity index (χ1n) is 7.42. The Morgan fingerprint density at radius 1 is 1.29 bits per heavy atom. The highest BCUT2D eigenvalue weighted by Crippen LogP contribution is 2.18. The van der Waals surface area contributed by atoms with Gasteiger partial charge in [-0.3, -0.25) is 9.59 Å².